The highest BCUT2D eigenvalue weighted by Crippen LogP contribution is 2.32. The molecule has 3 rings (SSSR count). The number of esters is 1. The molecule has 1 aliphatic rings. The Labute approximate surface area is 165 Å². The predicted octanol–water partition coefficient (Wildman–Crippen LogP) is 3.49. The summed E-state index contributed by atoms with van der Waals surface area (Å²) in [5, 5.41) is 3.65. The Hall–Kier alpha value is -0.940. The molecule has 3 heterocycles. The monoisotopic (exact) mass is 432 g/mol. The number of thiophene rings is 1. The van der Waals surface area contributed by atoms with Crippen molar-refractivity contribution in [1.29, 1.82) is 0 Å². The van der Waals surface area contributed by atoms with E-state index < -0.39 is 16.0 Å². The number of nitrogens with zero attached hydrogens (tertiary/aromatic N) is 2. The van der Waals surface area contributed by atoms with E-state index in [-0.39, 0.29) is 9.77 Å². The standard InChI is InChI=1S/C16H20N2O4S4/c1-11-9-24-16(17-11)25-10-12-3-6-18(7-4-12)26(20,21)13-5-8-23-14(13)15(19)22-2/h5,8-9,12H,3-4,6-7,10H2,1-2H3. The minimum absolute atomic E-state index is 0.0560. The highest BCUT2D eigenvalue weighted by atomic mass is 32.2. The van der Waals surface area contributed by atoms with Crippen molar-refractivity contribution in [3.8, 4) is 0 Å². The number of carbonyl (C=O) groups is 1. The van der Waals surface area contributed by atoms with Crippen LogP contribution < -0.4 is 0 Å². The van der Waals surface area contributed by atoms with Gasteiger partial charge < -0.3 is 4.74 Å². The van der Waals surface area contributed by atoms with Crippen LogP contribution in [0.25, 0.3) is 0 Å². The molecule has 1 aliphatic heterocycles. The molecule has 1 saturated heterocycles. The maximum atomic E-state index is 12.9. The summed E-state index contributed by atoms with van der Waals surface area (Å²) in [6.07, 6.45) is 1.63. The van der Waals surface area contributed by atoms with Gasteiger partial charge >= 0.3 is 5.97 Å². The molecule has 0 bridgehead atoms. The van der Waals surface area contributed by atoms with Crippen molar-refractivity contribution in [3.63, 3.8) is 0 Å². The first-order valence-corrected chi connectivity index (χ1v) is 12.3. The molecule has 0 amide bonds. The molecule has 0 radical (unpaired) electrons. The van der Waals surface area contributed by atoms with Gasteiger partial charge in [0.1, 0.15) is 14.1 Å². The average Bonchev–Trinajstić information content (AvgIpc) is 3.29. The van der Waals surface area contributed by atoms with Crippen LogP contribution in [0.2, 0.25) is 0 Å². The molecule has 26 heavy (non-hydrogen) atoms. The molecule has 1 fully saturated rings. The van der Waals surface area contributed by atoms with Crippen LogP contribution in [0.1, 0.15) is 28.2 Å². The lowest BCUT2D eigenvalue weighted by atomic mass is 10.0. The molecule has 2 aromatic rings. The van der Waals surface area contributed by atoms with E-state index in [2.05, 4.69) is 4.98 Å². The summed E-state index contributed by atoms with van der Waals surface area (Å²) < 4.78 is 33.0. The average molecular weight is 433 g/mol. The van der Waals surface area contributed by atoms with Gasteiger partial charge in [0.15, 0.2) is 0 Å². The van der Waals surface area contributed by atoms with E-state index in [1.807, 2.05) is 12.3 Å². The number of piperidine rings is 1. The minimum Gasteiger partial charge on any atom is -0.465 e. The number of hydrogen-bond donors (Lipinski definition) is 0. The first-order valence-electron chi connectivity index (χ1n) is 8.12. The van der Waals surface area contributed by atoms with Gasteiger partial charge in [0, 0.05) is 29.9 Å². The first kappa shape index (κ1) is 19.8. The van der Waals surface area contributed by atoms with Crippen LogP contribution in [-0.2, 0) is 14.8 Å². The number of aromatic nitrogens is 1. The fourth-order valence-corrected chi connectivity index (χ4v) is 7.62. The zero-order chi connectivity index (χ0) is 18.7. The first-order chi connectivity index (χ1) is 12.4. The second-order valence-corrected chi connectivity index (χ2v) is 11.0. The smallest absolute Gasteiger partial charge is 0.349 e. The van der Waals surface area contributed by atoms with Gasteiger partial charge in [-0.2, -0.15) is 4.31 Å². The number of carbonyl (C=O) groups excluding carboxylic acids is 1. The van der Waals surface area contributed by atoms with Crippen LogP contribution in [0.3, 0.4) is 0 Å². The lowest BCUT2D eigenvalue weighted by Crippen LogP contribution is -2.39. The Balaban J connectivity index is 1.60. The molecule has 0 N–H and O–H groups in total. The normalized spacial score (nSPS) is 16.7. The third kappa shape index (κ3) is 4.30. The highest BCUT2D eigenvalue weighted by Gasteiger charge is 2.33. The number of thiazole rings is 1. The molecular weight excluding hydrogens is 412 g/mol. The van der Waals surface area contributed by atoms with Crippen molar-refractivity contribution in [2.24, 2.45) is 5.92 Å². The maximum absolute atomic E-state index is 12.9. The Morgan fingerprint density at radius 3 is 2.73 bits per heavy atom. The number of aryl methyl sites for hydroxylation is 1. The van der Waals surface area contributed by atoms with E-state index in [1.165, 1.54) is 17.5 Å². The van der Waals surface area contributed by atoms with Gasteiger partial charge in [-0.15, -0.1) is 22.7 Å². The van der Waals surface area contributed by atoms with E-state index in [9.17, 15) is 13.2 Å². The van der Waals surface area contributed by atoms with Gasteiger partial charge in [0.2, 0.25) is 10.0 Å². The molecule has 10 heteroatoms. The van der Waals surface area contributed by atoms with Crippen LogP contribution in [0.4, 0.5) is 0 Å². The second-order valence-electron chi connectivity index (χ2n) is 6.02. The van der Waals surface area contributed by atoms with E-state index >= 15 is 0 Å². The van der Waals surface area contributed by atoms with Gasteiger partial charge in [-0.05, 0) is 37.1 Å². The van der Waals surface area contributed by atoms with E-state index in [1.54, 1.807) is 28.5 Å². The fourth-order valence-electron chi connectivity index (χ4n) is 2.79. The van der Waals surface area contributed by atoms with E-state index in [0.29, 0.717) is 19.0 Å². The molecular formula is C16H20N2O4S4. The summed E-state index contributed by atoms with van der Waals surface area (Å²) >= 11 is 4.49. The van der Waals surface area contributed by atoms with Gasteiger partial charge in [-0.25, -0.2) is 18.2 Å². The number of ether oxygens (including phenoxy) is 1. The number of methoxy groups -OCH3 is 1. The summed E-state index contributed by atoms with van der Waals surface area (Å²) in [7, 11) is -2.41. The van der Waals surface area contributed by atoms with E-state index in [4.69, 9.17) is 4.74 Å². The van der Waals surface area contributed by atoms with Crippen molar-refractivity contribution in [3.05, 3.63) is 27.4 Å². The molecule has 0 aliphatic carbocycles. The molecule has 0 saturated carbocycles. The Morgan fingerprint density at radius 2 is 2.12 bits per heavy atom. The lowest BCUT2D eigenvalue weighted by molar-refractivity contribution is 0.0602. The van der Waals surface area contributed by atoms with Crippen LogP contribution in [0.5, 0.6) is 0 Å². The van der Waals surface area contributed by atoms with Crippen molar-refractivity contribution in [2.45, 2.75) is 29.0 Å². The topological polar surface area (TPSA) is 76.6 Å². The zero-order valence-corrected chi connectivity index (χ0v) is 17.8. The molecule has 0 aromatic carbocycles. The fraction of sp³-hybridized carbons (Fsp3) is 0.500. The van der Waals surface area contributed by atoms with Crippen molar-refractivity contribution >= 4 is 50.4 Å². The van der Waals surface area contributed by atoms with Crippen LogP contribution >= 0.6 is 34.4 Å². The van der Waals surface area contributed by atoms with Gasteiger partial charge in [0.25, 0.3) is 0 Å². The number of sulfonamides is 1. The van der Waals surface area contributed by atoms with Crippen LogP contribution in [0, 0.1) is 12.8 Å². The third-order valence-electron chi connectivity index (χ3n) is 4.23. The maximum Gasteiger partial charge on any atom is 0.349 e. The summed E-state index contributed by atoms with van der Waals surface area (Å²) in [6, 6.07) is 1.49. The van der Waals surface area contributed by atoms with Crippen molar-refractivity contribution in [1.82, 2.24) is 9.29 Å². The van der Waals surface area contributed by atoms with Crippen molar-refractivity contribution in [2.75, 3.05) is 26.0 Å². The van der Waals surface area contributed by atoms with Gasteiger partial charge in [-0.1, -0.05) is 11.8 Å². The number of hydrogen-bond acceptors (Lipinski definition) is 8. The van der Waals surface area contributed by atoms with Gasteiger partial charge in [0.05, 0.1) is 7.11 Å². The lowest BCUT2D eigenvalue weighted by Gasteiger charge is -2.30. The molecule has 0 spiro atoms. The highest BCUT2D eigenvalue weighted by molar-refractivity contribution is 8.01. The zero-order valence-electron chi connectivity index (χ0n) is 14.5. The number of rotatable bonds is 6. The minimum atomic E-state index is -3.67. The molecule has 142 valence electrons. The van der Waals surface area contributed by atoms with Gasteiger partial charge in [-0.3, -0.25) is 0 Å². The summed E-state index contributed by atoms with van der Waals surface area (Å²) in [5.74, 6) is 0.814. The molecule has 0 unspecified atom stereocenters. The Bertz CT molecular complexity index is 866. The predicted molar refractivity (Wildman–Crippen MR) is 105 cm³/mol. The van der Waals surface area contributed by atoms with Crippen LogP contribution in [0.15, 0.2) is 26.1 Å². The largest absolute Gasteiger partial charge is 0.465 e. The Kier molecular flexibility index (Phi) is 6.39. The number of thioether (sulfide) groups is 1. The summed E-state index contributed by atoms with van der Waals surface area (Å²) in [6.45, 7) is 2.93. The van der Waals surface area contributed by atoms with Crippen LogP contribution in [-0.4, -0.2) is 49.6 Å². The van der Waals surface area contributed by atoms with E-state index in [0.717, 1.165) is 40.0 Å². The van der Waals surface area contributed by atoms with Crippen molar-refractivity contribution < 1.29 is 17.9 Å². The summed E-state index contributed by atoms with van der Waals surface area (Å²) in [4.78, 5) is 16.4. The summed E-state index contributed by atoms with van der Waals surface area (Å²) in [5.41, 5.74) is 1.04. The second kappa shape index (κ2) is 8.39. The SMILES string of the molecule is COC(=O)c1sccc1S(=O)(=O)N1CCC(CSc2nc(C)cs2)CC1. The molecule has 2 aromatic heterocycles. The molecule has 6 nitrogen and oxygen atoms in total. The third-order valence-corrected chi connectivity index (χ3v) is 9.57. The Morgan fingerprint density at radius 1 is 1.38 bits per heavy atom. The molecule has 0 atom stereocenters. The quantitative estimate of drug-likeness (QED) is 0.514.